The Bertz CT molecular complexity index is 1410. The largest absolute Gasteiger partial charge is 0.419 e. The molecular weight excluding hydrogens is 538 g/mol. The summed E-state index contributed by atoms with van der Waals surface area (Å²) in [5, 5.41) is 6.77. The van der Waals surface area contributed by atoms with Gasteiger partial charge in [-0.15, -0.1) is 5.10 Å². The highest BCUT2D eigenvalue weighted by Crippen LogP contribution is 2.34. The quantitative estimate of drug-likeness (QED) is 0.476. The Kier molecular flexibility index (Phi) is 6.82. The van der Waals surface area contributed by atoms with Crippen LogP contribution in [0.2, 0.25) is 0 Å². The Labute approximate surface area is 204 Å². The zero-order valence-electron chi connectivity index (χ0n) is 18.7. The van der Waals surface area contributed by atoms with Gasteiger partial charge in [-0.2, -0.15) is 22.7 Å². The number of nitrogens with one attached hydrogen (secondary N) is 1. The molecule has 1 amide bonds. The fourth-order valence-corrected chi connectivity index (χ4v) is 4.48. The zero-order chi connectivity index (χ0) is 25.5. The molecule has 0 unspecified atom stereocenters. The van der Waals surface area contributed by atoms with Gasteiger partial charge in [0, 0.05) is 16.9 Å². The molecule has 1 aliphatic heterocycles. The first-order chi connectivity index (χ1) is 16.5. The molecule has 0 radical (unpaired) electrons. The lowest BCUT2D eigenvalue weighted by Crippen LogP contribution is -2.28. The van der Waals surface area contributed by atoms with E-state index in [0.29, 0.717) is 43.6 Å². The molecule has 35 heavy (non-hydrogen) atoms. The minimum Gasteiger partial charge on any atom is -0.377 e. The zero-order valence-corrected chi connectivity index (χ0v) is 20.3. The van der Waals surface area contributed by atoms with Crippen LogP contribution in [0.4, 0.5) is 23.2 Å². The van der Waals surface area contributed by atoms with E-state index in [2.05, 4.69) is 31.3 Å². The van der Waals surface area contributed by atoms with Crippen LogP contribution >= 0.6 is 15.9 Å². The number of alkyl halides is 3. The Morgan fingerprint density at radius 3 is 2.69 bits per heavy atom. The van der Waals surface area contributed by atoms with Crippen molar-refractivity contribution < 1.29 is 27.1 Å². The average molecular weight is 558 g/mol. The van der Waals surface area contributed by atoms with Crippen molar-refractivity contribution in [3.05, 3.63) is 61.5 Å². The predicted octanol–water partition coefficient (Wildman–Crippen LogP) is 4.12. The van der Waals surface area contributed by atoms with E-state index < -0.39 is 29.0 Å². The Morgan fingerprint density at radius 1 is 1.31 bits per heavy atom. The summed E-state index contributed by atoms with van der Waals surface area (Å²) in [6.45, 7) is 3.48. The van der Waals surface area contributed by atoms with Crippen molar-refractivity contribution >= 4 is 38.9 Å². The summed E-state index contributed by atoms with van der Waals surface area (Å²) >= 11 is 3.28. The van der Waals surface area contributed by atoms with Crippen LogP contribution in [0, 0.1) is 12.7 Å². The van der Waals surface area contributed by atoms with Crippen molar-refractivity contribution in [2.45, 2.75) is 39.4 Å². The first kappa shape index (κ1) is 25.0. The molecule has 3 heterocycles. The van der Waals surface area contributed by atoms with Gasteiger partial charge in [0.1, 0.15) is 16.8 Å². The minimum atomic E-state index is -4.85. The SMILES string of the molecule is CCc1c(Br)c(=O)n2nc(C3=CCOCC3)nc2n1CC(=O)Nc1ccc(C(F)(F)F)c(F)c1C. The number of halogens is 5. The number of fused-ring (bicyclic) bond motifs is 1. The molecule has 0 fully saturated rings. The third-order valence-corrected chi connectivity index (χ3v) is 6.44. The summed E-state index contributed by atoms with van der Waals surface area (Å²) in [6, 6.07) is 1.58. The molecule has 1 aromatic carbocycles. The summed E-state index contributed by atoms with van der Waals surface area (Å²) < 4.78 is 61.3. The van der Waals surface area contributed by atoms with Crippen LogP contribution in [0.15, 0.2) is 27.5 Å². The van der Waals surface area contributed by atoms with Crippen molar-refractivity contribution in [3.8, 4) is 0 Å². The summed E-state index contributed by atoms with van der Waals surface area (Å²) in [6.07, 6.45) is -2.11. The van der Waals surface area contributed by atoms with E-state index >= 15 is 0 Å². The number of hydrogen-bond acceptors (Lipinski definition) is 5. The van der Waals surface area contributed by atoms with E-state index in [-0.39, 0.29) is 28.0 Å². The van der Waals surface area contributed by atoms with E-state index in [1.807, 2.05) is 6.08 Å². The highest BCUT2D eigenvalue weighted by atomic mass is 79.9. The summed E-state index contributed by atoms with van der Waals surface area (Å²) in [5.41, 5.74) is -1.00. The summed E-state index contributed by atoms with van der Waals surface area (Å²) in [7, 11) is 0. The summed E-state index contributed by atoms with van der Waals surface area (Å²) in [5.74, 6) is -1.64. The maximum Gasteiger partial charge on any atom is 0.419 e. The fraction of sp³-hybridized carbons (Fsp3) is 0.364. The van der Waals surface area contributed by atoms with Gasteiger partial charge in [0.2, 0.25) is 11.7 Å². The molecule has 1 N–H and O–H groups in total. The molecule has 0 saturated carbocycles. The number of aromatic nitrogens is 4. The number of carbonyl (C=O) groups excluding carboxylic acids is 1. The molecule has 8 nitrogen and oxygen atoms in total. The van der Waals surface area contributed by atoms with E-state index in [4.69, 9.17) is 4.74 Å². The number of rotatable bonds is 5. The molecule has 0 spiro atoms. The molecule has 1 aliphatic rings. The van der Waals surface area contributed by atoms with Crippen molar-refractivity contribution in [3.63, 3.8) is 0 Å². The molecule has 186 valence electrons. The Morgan fingerprint density at radius 2 is 2.06 bits per heavy atom. The van der Waals surface area contributed by atoms with Crippen LogP contribution in [-0.2, 0) is 28.7 Å². The van der Waals surface area contributed by atoms with Crippen molar-refractivity contribution in [2.24, 2.45) is 0 Å². The van der Waals surface area contributed by atoms with Crippen molar-refractivity contribution in [2.75, 3.05) is 18.5 Å². The van der Waals surface area contributed by atoms with Gasteiger partial charge in [-0.05, 0) is 53.4 Å². The van der Waals surface area contributed by atoms with Gasteiger partial charge < -0.3 is 14.6 Å². The van der Waals surface area contributed by atoms with Gasteiger partial charge in [-0.25, -0.2) is 4.39 Å². The lowest BCUT2D eigenvalue weighted by Gasteiger charge is -2.16. The predicted molar refractivity (Wildman–Crippen MR) is 123 cm³/mol. The highest BCUT2D eigenvalue weighted by Gasteiger charge is 2.35. The van der Waals surface area contributed by atoms with E-state index in [1.165, 1.54) is 4.57 Å². The molecule has 0 bridgehead atoms. The molecule has 0 saturated heterocycles. The molecule has 0 atom stereocenters. The normalized spacial score (nSPS) is 14.3. The average Bonchev–Trinajstić information content (AvgIpc) is 3.26. The van der Waals surface area contributed by atoms with Crippen LogP contribution in [0.3, 0.4) is 0 Å². The standard InChI is InChI=1S/C22H20BrF4N5O3/c1-3-15-17(23)20(34)32-21(29-19(30-32)12-6-8-35-9-7-12)31(15)10-16(33)28-14-5-4-13(22(25,26)27)18(24)11(14)2/h4-6H,3,7-10H2,1-2H3,(H,28,33). The topological polar surface area (TPSA) is 90.5 Å². The van der Waals surface area contributed by atoms with Gasteiger partial charge in [0.15, 0.2) is 5.82 Å². The number of ether oxygens (including phenoxy) is 1. The lowest BCUT2D eigenvalue weighted by atomic mass is 10.1. The minimum absolute atomic E-state index is 0.0933. The second-order valence-electron chi connectivity index (χ2n) is 7.85. The molecule has 4 rings (SSSR count). The van der Waals surface area contributed by atoms with Gasteiger partial charge >= 0.3 is 6.18 Å². The third-order valence-electron chi connectivity index (χ3n) is 5.64. The van der Waals surface area contributed by atoms with E-state index in [0.717, 1.165) is 23.1 Å². The molecule has 13 heteroatoms. The number of amides is 1. The number of hydrogen-bond donors (Lipinski definition) is 1. The number of carbonyl (C=O) groups is 1. The number of benzene rings is 1. The Balaban J connectivity index is 1.72. The molecule has 0 aliphatic carbocycles. The highest BCUT2D eigenvalue weighted by molar-refractivity contribution is 9.10. The van der Waals surface area contributed by atoms with Crippen LogP contribution < -0.4 is 10.9 Å². The molecule has 3 aromatic rings. The van der Waals surface area contributed by atoms with Crippen LogP contribution in [0.25, 0.3) is 11.4 Å². The molecule has 2 aromatic heterocycles. The van der Waals surface area contributed by atoms with Crippen molar-refractivity contribution in [1.29, 1.82) is 0 Å². The van der Waals surface area contributed by atoms with Gasteiger partial charge in [0.25, 0.3) is 5.56 Å². The van der Waals surface area contributed by atoms with Gasteiger partial charge in [-0.3, -0.25) is 9.59 Å². The second kappa shape index (κ2) is 9.53. The summed E-state index contributed by atoms with van der Waals surface area (Å²) in [4.78, 5) is 30.2. The fourth-order valence-electron chi connectivity index (χ4n) is 3.82. The number of nitrogens with zero attached hydrogens (tertiary/aromatic N) is 4. The third kappa shape index (κ3) is 4.74. The van der Waals surface area contributed by atoms with E-state index in [1.54, 1.807) is 6.92 Å². The first-order valence-electron chi connectivity index (χ1n) is 10.6. The van der Waals surface area contributed by atoms with Crippen molar-refractivity contribution in [1.82, 2.24) is 19.2 Å². The van der Waals surface area contributed by atoms with Crippen LogP contribution in [0.5, 0.6) is 0 Å². The van der Waals surface area contributed by atoms with E-state index in [9.17, 15) is 27.2 Å². The first-order valence-corrected chi connectivity index (χ1v) is 11.4. The second-order valence-corrected chi connectivity index (χ2v) is 8.65. The van der Waals surface area contributed by atoms with Gasteiger partial charge in [0.05, 0.1) is 18.8 Å². The lowest BCUT2D eigenvalue weighted by molar-refractivity contribution is -0.140. The van der Waals surface area contributed by atoms with Crippen LogP contribution in [-0.4, -0.2) is 38.3 Å². The maximum absolute atomic E-state index is 14.3. The number of anilines is 1. The van der Waals surface area contributed by atoms with Crippen LogP contribution in [0.1, 0.15) is 36.0 Å². The smallest absolute Gasteiger partial charge is 0.377 e. The molecular formula is C22H20BrF4N5O3. The monoisotopic (exact) mass is 557 g/mol. The maximum atomic E-state index is 14.3. The van der Waals surface area contributed by atoms with Gasteiger partial charge in [-0.1, -0.05) is 13.0 Å². The Hall–Kier alpha value is -3.06.